The van der Waals surface area contributed by atoms with E-state index in [4.69, 9.17) is 26.1 Å². The Morgan fingerprint density at radius 2 is 1.92 bits per heavy atom. The smallest absolute Gasteiger partial charge is 0.264 e. The Hall–Kier alpha value is -3.82. The van der Waals surface area contributed by atoms with Crippen molar-refractivity contribution >= 4 is 39.4 Å². The van der Waals surface area contributed by atoms with Gasteiger partial charge in [0.2, 0.25) is 0 Å². The lowest BCUT2D eigenvalue weighted by Crippen LogP contribution is -2.36. The maximum atomic E-state index is 14.0. The standard InChI is InChI=1S/C27H27ClN6O3/c1-3-33-16-22-25(31-33)24(28)23(27(35)34(22)15-17-4-7-19(36-2)8-5-17)26-29-20-9-6-18(14-21(20)30-26)32-10-12-37-13-11-32/h4-9,14,16H,3,10-13,15H2,1-2H3,(H,29,30). The molecule has 1 fully saturated rings. The van der Waals surface area contributed by atoms with Crippen LogP contribution in [0.15, 0.2) is 53.5 Å². The molecule has 0 bridgehead atoms. The van der Waals surface area contributed by atoms with Gasteiger partial charge in [-0.2, -0.15) is 5.10 Å². The van der Waals surface area contributed by atoms with Crippen LogP contribution < -0.4 is 15.2 Å². The van der Waals surface area contributed by atoms with Gasteiger partial charge in [-0.25, -0.2) is 4.98 Å². The van der Waals surface area contributed by atoms with E-state index >= 15 is 0 Å². The normalized spacial score (nSPS) is 14.1. The number of pyridine rings is 1. The number of halogens is 1. The van der Waals surface area contributed by atoms with E-state index in [2.05, 4.69) is 21.0 Å². The van der Waals surface area contributed by atoms with Crippen molar-refractivity contribution < 1.29 is 9.47 Å². The molecule has 6 rings (SSSR count). The topological polar surface area (TPSA) is 90.2 Å². The third kappa shape index (κ3) is 4.24. The molecule has 0 aliphatic carbocycles. The predicted octanol–water partition coefficient (Wildman–Crippen LogP) is 4.31. The average Bonchev–Trinajstić information content (AvgIpc) is 3.56. The van der Waals surface area contributed by atoms with E-state index in [0.717, 1.165) is 41.1 Å². The number of fused-ring (bicyclic) bond motifs is 2. The monoisotopic (exact) mass is 518 g/mol. The van der Waals surface area contributed by atoms with Crippen molar-refractivity contribution in [1.82, 2.24) is 24.3 Å². The lowest BCUT2D eigenvalue weighted by Gasteiger charge is -2.28. The van der Waals surface area contributed by atoms with Gasteiger partial charge in [0.25, 0.3) is 5.56 Å². The fourth-order valence-electron chi connectivity index (χ4n) is 4.79. The van der Waals surface area contributed by atoms with Crippen molar-refractivity contribution in [2.75, 3.05) is 38.3 Å². The molecule has 0 amide bonds. The van der Waals surface area contributed by atoms with E-state index in [0.29, 0.717) is 53.7 Å². The number of nitrogens with zero attached hydrogens (tertiary/aromatic N) is 5. The molecule has 1 aliphatic heterocycles. The number of aromatic amines is 1. The molecule has 5 aromatic rings. The van der Waals surface area contributed by atoms with Crippen molar-refractivity contribution in [2.45, 2.75) is 20.0 Å². The van der Waals surface area contributed by atoms with Crippen LogP contribution in [0.1, 0.15) is 12.5 Å². The van der Waals surface area contributed by atoms with E-state index < -0.39 is 0 Å². The number of anilines is 1. The van der Waals surface area contributed by atoms with Gasteiger partial charge in [0.1, 0.15) is 22.7 Å². The molecule has 190 valence electrons. The lowest BCUT2D eigenvalue weighted by molar-refractivity contribution is 0.122. The van der Waals surface area contributed by atoms with E-state index in [1.54, 1.807) is 16.4 Å². The van der Waals surface area contributed by atoms with Crippen LogP contribution in [-0.2, 0) is 17.8 Å². The molecule has 0 atom stereocenters. The molecule has 37 heavy (non-hydrogen) atoms. The molecule has 0 unspecified atom stereocenters. The summed E-state index contributed by atoms with van der Waals surface area (Å²) in [6, 6.07) is 13.7. The van der Waals surface area contributed by atoms with Gasteiger partial charge in [-0.15, -0.1) is 0 Å². The number of morpholine rings is 1. The summed E-state index contributed by atoms with van der Waals surface area (Å²) in [6.07, 6.45) is 1.86. The van der Waals surface area contributed by atoms with E-state index in [-0.39, 0.29) is 5.56 Å². The van der Waals surface area contributed by atoms with Crippen LogP contribution in [0, 0.1) is 0 Å². The van der Waals surface area contributed by atoms with Gasteiger partial charge in [0.05, 0.1) is 48.4 Å². The molecular weight excluding hydrogens is 492 g/mol. The molecule has 2 aromatic carbocycles. The fraction of sp³-hybridized carbons (Fsp3) is 0.296. The molecule has 0 spiro atoms. The predicted molar refractivity (Wildman–Crippen MR) is 145 cm³/mol. The number of hydrogen-bond acceptors (Lipinski definition) is 6. The van der Waals surface area contributed by atoms with Crippen molar-refractivity contribution in [3.05, 3.63) is 69.6 Å². The maximum Gasteiger partial charge on any atom is 0.264 e. The number of hydrogen-bond donors (Lipinski definition) is 1. The molecule has 0 radical (unpaired) electrons. The Morgan fingerprint density at radius 1 is 1.14 bits per heavy atom. The average molecular weight is 519 g/mol. The summed E-state index contributed by atoms with van der Waals surface area (Å²) < 4.78 is 14.3. The first-order chi connectivity index (χ1) is 18.1. The summed E-state index contributed by atoms with van der Waals surface area (Å²) in [5.74, 6) is 1.19. The number of imidazole rings is 1. The molecule has 10 heteroatoms. The highest BCUT2D eigenvalue weighted by molar-refractivity contribution is 6.37. The van der Waals surface area contributed by atoms with Crippen LogP contribution >= 0.6 is 11.6 Å². The summed E-state index contributed by atoms with van der Waals surface area (Å²) in [4.78, 5) is 24.3. The Kier molecular flexibility index (Phi) is 6.10. The highest BCUT2D eigenvalue weighted by Gasteiger charge is 2.23. The quantitative estimate of drug-likeness (QED) is 0.360. The number of nitrogens with one attached hydrogen (secondary N) is 1. The minimum Gasteiger partial charge on any atom is -0.497 e. The summed E-state index contributed by atoms with van der Waals surface area (Å²) in [5.41, 5.74) is 5.00. The summed E-state index contributed by atoms with van der Waals surface area (Å²) in [6.45, 7) is 6.11. The third-order valence-corrected chi connectivity index (χ3v) is 7.19. The summed E-state index contributed by atoms with van der Waals surface area (Å²) >= 11 is 6.86. The van der Waals surface area contributed by atoms with Gasteiger partial charge in [0, 0.05) is 31.5 Å². The molecule has 4 heterocycles. The zero-order valence-corrected chi connectivity index (χ0v) is 21.5. The van der Waals surface area contributed by atoms with Crippen molar-refractivity contribution in [1.29, 1.82) is 0 Å². The Balaban J connectivity index is 1.48. The third-order valence-electron chi connectivity index (χ3n) is 6.82. The van der Waals surface area contributed by atoms with Crippen LogP contribution in [0.4, 0.5) is 5.69 Å². The second-order valence-corrected chi connectivity index (χ2v) is 9.41. The minimum absolute atomic E-state index is 0.226. The zero-order chi connectivity index (χ0) is 25.5. The van der Waals surface area contributed by atoms with Crippen molar-refractivity contribution in [2.24, 2.45) is 0 Å². The largest absolute Gasteiger partial charge is 0.497 e. The fourth-order valence-corrected chi connectivity index (χ4v) is 5.10. The Morgan fingerprint density at radius 3 is 2.65 bits per heavy atom. The Labute approximate surface area is 218 Å². The first kappa shape index (κ1) is 23.6. The van der Waals surface area contributed by atoms with Gasteiger partial charge in [-0.05, 0) is 42.8 Å². The minimum atomic E-state index is -0.226. The molecule has 1 aliphatic rings. The van der Waals surface area contributed by atoms with Crippen molar-refractivity contribution in [3.63, 3.8) is 0 Å². The zero-order valence-electron chi connectivity index (χ0n) is 20.7. The first-order valence-electron chi connectivity index (χ1n) is 12.3. The highest BCUT2D eigenvalue weighted by Crippen LogP contribution is 2.32. The second-order valence-electron chi connectivity index (χ2n) is 9.03. The highest BCUT2D eigenvalue weighted by atomic mass is 35.5. The number of aromatic nitrogens is 5. The van der Waals surface area contributed by atoms with Crippen LogP contribution in [-0.4, -0.2) is 57.7 Å². The SMILES string of the molecule is CCn1cc2c(n1)c(Cl)c(-c1nc3ccc(N4CCOCC4)cc3[nH]1)c(=O)n2Cc1ccc(OC)cc1. The van der Waals surface area contributed by atoms with Crippen molar-refractivity contribution in [3.8, 4) is 17.1 Å². The van der Waals surface area contributed by atoms with Crippen LogP contribution in [0.25, 0.3) is 33.5 Å². The van der Waals surface area contributed by atoms with E-state index in [1.165, 1.54) is 0 Å². The summed E-state index contributed by atoms with van der Waals surface area (Å²) in [7, 11) is 1.63. The molecule has 9 nitrogen and oxygen atoms in total. The number of H-pyrrole nitrogens is 1. The van der Waals surface area contributed by atoms with E-state index in [9.17, 15) is 4.79 Å². The van der Waals surface area contributed by atoms with Crippen LogP contribution in [0.2, 0.25) is 5.02 Å². The second kappa shape index (κ2) is 9.57. The molecule has 1 N–H and O–H groups in total. The van der Waals surface area contributed by atoms with Gasteiger partial charge >= 0.3 is 0 Å². The molecule has 3 aromatic heterocycles. The number of methoxy groups -OCH3 is 1. The van der Waals surface area contributed by atoms with E-state index in [1.807, 2.05) is 49.5 Å². The number of ether oxygens (including phenoxy) is 2. The first-order valence-corrected chi connectivity index (χ1v) is 12.7. The molecule has 1 saturated heterocycles. The van der Waals surface area contributed by atoms with Gasteiger partial charge in [-0.1, -0.05) is 23.7 Å². The van der Waals surface area contributed by atoms with Gasteiger partial charge < -0.3 is 23.9 Å². The Bertz CT molecular complexity index is 1650. The number of rotatable bonds is 6. The molecular formula is C27H27ClN6O3. The summed E-state index contributed by atoms with van der Waals surface area (Å²) in [5, 5.41) is 4.96. The van der Waals surface area contributed by atoms with Gasteiger partial charge in [0.15, 0.2) is 0 Å². The lowest BCUT2D eigenvalue weighted by atomic mass is 10.2. The number of aryl methyl sites for hydroxylation is 1. The van der Waals surface area contributed by atoms with Crippen LogP contribution in [0.3, 0.4) is 0 Å². The van der Waals surface area contributed by atoms with Gasteiger partial charge in [-0.3, -0.25) is 9.48 Å². The number of benzene rings is 2. The van der Waals surface area contributed by atoms with Crippen LogP contribution in [0.5, 0.6) is 5.75 Å². The molecule has 0 saturated carbocycles. The maximum absolute atomic E-state index is 14.0.